The van der Waals surface area contributed by atoms with E-state index in [-0.39, 0.29) is 0 Å². The molecule has 0 heterocycles. The lowest BCUT2D eigenvalue weighted by Gasteiger charge is -2.24. The summed E-state index contributed by atoms with van der Waals surface area (Å²) in [7, 11) is 0. The van der Waals surface area contributed by atoms with E-state index in [0.717, 1.165) is 12.8 Å². The highest BCUT2D eigenvalue weighted by Gasteiger charge is 2.21. The molecule has 0 saturated heterocycles. The summed E-state index contributed by atoms with van der Waals surface area (Å²) in [5.74, 6) is 0. The molecule has 0 bridgehead atoms. The first-order valence-electron chi connectivity index (χ1n) is 4.78. The predicted molar refractivity (Wildman–Crippen MR) is 54.3 cm³/mol. The molecule has 5 heteroatoms. The third-order valence-electron chi connectivity index (χ3n) is 1.63. The summed E-state index contributed by atoms with van der Waals surface area (Å²) in [6, 6.07) is 0. The van der Waals surface area contributed by atoms with Crippen molar-refractivity contribution in [1.82, 2.24) is 0 Å². The van der Waals surface area contributed by atoms with Crippen LogP contribution in [0.3, 0.4) is 0 Å². The Kier molecular flexibility index (Phi) is 5.96. The molecule has 0 radical (unpaired) electrons. The van der Waals surface area contributed by atoms with Gasteiger partial charge in [-0.3, -0.25) is 0 Å². The molecule has 0 spiro atoms. The SMILES string of the molecule is C=CC(OOC(C)(C)CCC)OC(=O)O. The van der Waals surface area contributed by atoms with Gasteiger partial charge in [0.25, 0.3) is 6.29 Å². The van der Waals surface area contributed by atoms with E-state index in [2.05, 4.69) is 11.3 Å². The van der Waals surface area contributed by atoms with E-state index in [0.29, 0.717) is 0 Å². The van der Waals surface area contributed by atoms with Gasteiger partial charge in [0.2, 0.25) is 0 Å². The molecule has 15 heavy (non-hydrogen) atoms. The van der Waals surface area contributed by atoms with Gasteiger partial charge < -0.3 is 9.84 Å². The summed E-state index contributed by atoms with van der Waals surface area (Å²) in [6.45, 7) is 9.07. The molecule has 0 aromatic heterocycles. The number of carboxylic acid groups (broad SMARTS) is 1. The maximum Gasteiger partial charge on any atom is 0.508 e. The van der Waals surface area contributed by atoms with Crippen LogP contribution in [-0.2, 0) is 14.5 Å². The number of carbonyl (C=O) groups is 1. The average Bonchev–Trinajstić information content (AvgIpc) is 2.11. The molecule has 0 aliphatic carbocycles. The minimum Gasteiger partial charge on any atom is -0.450 e. The van der Waals surface area contributed by atoms with Crippen molar-refractivity contribution in [2.24, 2.45) is 0 Å². The summed E-state index contributed by atoms with van der Waals surface area (Å²) in [6.07, 6.45) is 0.407. The number of hydrogen-bond donors (Lipinski definition) is 1. The molecule has 0 aromatic carbocycles. The molecule has 0 saturated carbocycles. The minimum absolute atomic E-state index is 0.474. The summed E-state index contributed by atoms with van der Waals surface area (Å²) >= 11 is 0. The van der Waals surface area contributed by atoms with Crippen molar-refractivity contribution in [1.29, 1.82) is 0 Å². The van der Waals surface area contributed by atoms with Crippen molar-refractivity contribution < 1.29 is 24.4 Å². The van der Waals surface area contributed by atoms with Crippen LogP contribution in [0.25, 0.3) is 0 Å². The van der Waals surface area contributed by atoms with E-state index in [4.69, 9.17) is 14.9 Å². The van der Waals surface area contributed by atoms with E-state index in [1.165, 1.54) is 6.08 Å². The lowest BCUT2D eigenvalue weighted by Crippen LogP contribution is -2.28. The van der Waals surface area contributed by atoms with Gasteiger partial charge in [0, 0.05) is 0 Å². The fraction of sp³-hybridized carbons (Fsp3) is 0.700. The highest BCUT2D eigenvalue weighted by molar-refractivity contribution is 5.57. The largest absolute Gasteiger partial charge is 0.508 e. The number of rotatable bonds is 7. The first-order chi connectivity index (χ1) is 6.91. The second kappa shape index (κ2) is 6.42. The Morgan fingerprint density at radius 2 is 2.20 bits per heavy atom. The topological polar surface area (TPSA) is 65.0 Å². The molecule has 1 N–H and O–H groups in total. The zero-order chi connectivity index (χ0) is 11.9. The quantitative estimate of drug-likeness (QED) is 0.234. The van der Waals surface area contributed by atoms with Crippen molar-refractivity contribution in [3.8, 4) is 0 Å². The smallest absolute Gasteiger partial charge is 0.450 e. The fourth-order valence-corrected chi connectivity index (χ4v) is 1.03. The molecule has 0 amide bonds. The molecule has 5 nitrogen and oxygen atoms in total. The number of ether oxygens (including phenoxy) is 1. The molecule has 0 aromatic rings. The van der Waals surface area contributed by atoms with Crippen LogP contribution in [0.5, 0.6) is 0 Å². The van der Waals surface area contributed by atoms with Gasteiger partial charge in [-0.15, -0.1) is 0 Å². The van der Waals surface area contributed by atoms with Crippen LogP contribution in [0.1, 0.15) is 33.6 Å². The summed E-state index contributed by atoms with van der Waals surface area (Å²) < 4.78 is 4.32. The zero-order valence-corrected chi connectivity index (χ0v) is 9.36. The first-order valence-corrected chi connectivity index (χ1v) is 4.78. The van der Waals surface area contributed by atoms with Crippen molar-refractivity contribution >= 4 is 6.16 Å². The van der Waals surface area contributed by atoms with Crippen molar-refractivity contribution in [3.63, 3.8) is 0 Å². The van der Waals surface area contributed by atoms with E-state index in [1.807, 2.05) is 20.8 Å². The van der Waals surface area contributed by atoms with Crippen LogP contribution in [0.4, 0.5) is 4.79 Å². The Morgan fingerprint density at radius 3 is 2.60 bits per heavy atom. The van der Waals surface area contributed by atoms with Crippen molar-refractivity contribution in [2.75, 3.05) is 0 Å². The normalized spacial score (nSPS) is 13.3. The van der Waals surface area contributed by atoms with Crippen LogP contribution in [0, 0.1) is 0 Å². The van der Waals surface area contributed by atoms with Crippen LogP contribution < -0.4 is 0 Å². The van der Waals surface area contributed by atoms with Crippen LogP contribution in [0.2, 0.25) is 0 Å². The summed E-state index contributed by atoms with van der Waals surface area (Å²) in [5, 5.41) is 8.34. The van der Waals surface area contributed by atoms with Crippen LogP contribution in [0.15, 0.2) is 12.7 Å². The second-order valence-corrected chi connectivity index (χ2v) is 3.68. The minimum atomic E-state index is -1.43. The Morgan fingerprint density at radius 1 is 1.60 bits per heavy atom. The third-order valence-corrected chi connectivity index (χ3v) is 1.63. The molecule has 88 valence electrons. The lowest BCUT2D eigenvalue weighted by atomic mass is 10.0. The van der Waals surface area contributed by atoms with Crippen molar-refractivity contribution in [3.05, 3.63) is 12.7 Å². The highest BCUT2D eigenvalue weighted by atomic mass is 17.2. The van der Waals surface area contributed by atoms with Crippen LogP contribution in [-0.4, -0.2) is 23.2 Å². The summed E-state index contributed by atoms with van der Waals surface area (Å²) in [4.78, 5) is 20.1. The van der Waals surface area contributed by atoms with Gasteiger partial charge in [-0.1, -0.05) is 19.9 Å². The van der Waals surface area contributed by atoms with Gasteiger partial charge in [0.15, 0.2) is 0 Å². The molecule has 0 aliphatic heterocycles. The zero-order valence-electron chi connectivity index (χ0n) is 9.36. The van der Waals surface area contributed by atoms with Gasteiger partial charge in [0.05, 0.1) is 5.60 Å². The van der Waals surface area contributed by atoms with E-state index >= 15 is 0 Å². The molecule has 0 aliphatic rings. The predicted octanol–water partition coefficient (Wildman–Crippen LogP) is 2.72. The maximum atomic E-state index is 10.2. The van der Waals surface area contributed by atoms with Gasteiger partial charge in [0.1, 0.15) is 0 Å². The third kappa shape index (κ3) is 6.93. The average molecular weight is 218 g/mol. The Labute approximate surface area is 89.6 Å². The summed E-state index contributed by atoms with van der Waals surface area (Å²) in [5.41, 5.74) is -0.474. The fourth-order valence-electron chi connectivity index (χ4n) is 1.03. The van der Waals surface area contributed by atoms with Crippen LogP contribution >= 0.6 is 0 Å². The van der Waals surface area contributed by atoms with Crippen molar-refractivity contribution in [2.45, 2.75) is 45.5 Å². The second-order valence-electron chi connectivity index (χ2n) is 3.68. The Bertz CT molecular complexity index is 212. The molecule has 1 atom stereocenters. The van der Waals surface area contributed by atoms with Gasteiger partial charge >= 0.3 is 6.16 Å². The monoisotopic (exact) mass is 218 g/mol. The Hall–Kier alpha value is -1.07. The standard InChI is InChI=1S/C10H18O5/c1-5-7-10(3,4)15-14-8(6-2)13-9(11)12/h6,8H,2,5,7H2,1,3-4H3,(H,11,12). The van der Waals surface area contributed by atoms with E-state index in [1.54, 1.807) is 0 Å². The molecular formula is C10H18O5. The molecular weight excluding hydrogens is 200 g/mol. The maximum absolute atomic E-state index is 10.2. The van der Waals surface area contributed by atoms with E-state index in [9.17, 15) is 4.79 Å². The molecule has 1 unspecified atom stereocenters. The molecule has 0 rings (SSSR count). The first kappa shape index (κ1) is 13.9. The van der Waals surface area contributed by atoms with Gasteiger partial charge in [-0.2, -0.15) is 4.89 Å². The van der Waals surface area contributed by atoms with Gasteiger partial charge in [-0.25, -0.2) is 9.68 Å². The highest BCUT2D eigenvalue weighted by Crippen LogP contribution is 2.18. The number of hydrogen-bond acceptors (Lipinski definition) is 4. The lowest BCUT2D eigenvalue weighted by molar-refractivity contribution is -0.401. The molecule has 0 fully saturated rings. The van der Waals surface area contributed by atoms with E-state index < -0.39 is 18.0 Å². The van der Waals surface area contributed by atoms with Gasteiger partial charge in [-0.05, 0) is 26.3 Å². The Balaban J connectivity index is 3.99.